The summed E-state index contributed by atoms with van der Waals surface area (Å²) < 4.78 is 22.3. The van der Waals surface area contributed by atoms with Gasteiger partial charge in [-0.1, -0.05) is 12.8 Å². The third kappa shape index (κ3) is 5.49. The lowest BCUT2D eigenvalue weighted by atomic mass is 10.2. The Morgan fingerprint density at radius 1 is 1.00 bits per heavy atom. The molecule has 5 heteroatoms. The molecular weight excluding hydrogens is 212 g/mol. The molecule has 1 aliphatic heterocycles. The Labute approximate surface area is 92.7 Å². The number of sulfone groups is 1. The summed E-state index contributed by atoms with van der Waals surface area (Å²) in [5.41, 5.74) is 5.41. The van der Waals surface area contributed by atoms with Crippen molar-refractivity contribution in [2.24, 2.45) is 5.73 Å². The molecule has 0 aliphatic carbocycles. The normalized spacial score (nSPS) is 21.7. The van der Waals surface area contributed by atoms with E-state index in [0.29, 0.717) is 11.5 Å². The second-order valence-corrected chi connectivity index (χ2v) is 6.50. The van der Waals surface area contributed by atoms with Gasteiger partial charge in [0.25, 0.3) is 0 Å². The molecule has 0 aromatic heterocycles. The number of hydrogen-bond donors (Lipinski definition) is 1. The number of unbranched alkanes of at least 4 members (excludes halogenated alkanes) is 3. The summed E-state index contributed by atoms with van der Waals surface area (Å²) in [5, 5.41) is 0. The molecule has 0 unspecified atom stereocenters. The Balaban J connectivity index is 2.04. The van der Waals surface area contributed by atoms with E-state index in [1.807, 2.05) is 0 Å². The van der Waals surface area contributed by atoms with Crippen molar-refractivity contribution < 1.29 is 8.42 Å². The SMILES string of the molecule is NCCCCCCN1CCS(=O)(=O)CC1. The van der Waals surface area contributed by atoms with Crippen LogP contribution in [0.15, 0.2) is 0 Å². The molecule has 0 aromatic carbocycles. The Bertz CT molecular complexity index is 251. The van der Waals surface area contributed by atoms with Crippen LogP contribution in [0.25, 0.3) is 0 Å². The van der Waals surface area contributed by atoms with Crippen LogP contribution in [-0.2, 0) is 9.84 Å². The first-order valence-corrected chi connectivity index (χ1v) is 7.59. The molecule has 0 bridgehead atoms. The minimum atomic E-state index is -2.71. The molecule has 90 valence electrons. The lowest BCUT2D eigenvalue weighted by Gasteiger charge is -2.26. The minimum Gasteiger partial charge on any atom is -0.330 e. The Morgan fingerprint density at radius 3 is 2.20 bits per heavy atom. The van der Waals surface area contributed by atoms with Crippen LogP contribution >= 0.6 is 0 Å². The zero-order valence-corrected chi connectivity index (χ0v) is 10.1. The van der Waals surface area contributed by atoms with Crippen LogP contribution in [0.3, 0.4) is 0 Å². The highest BCUT2D eigenvalue weighted by Gasteiger charge is 2.20. The van der Waals surface area contributed by atoms with E-state index < -0.39 is 9.84 Å². The van der Waals surface area contributed by atoms with Gasteiger partial charge in [-0.3, -0.25) is 0 Å². The summed E-state index contributed by atoms with van der Waals surface area (Å²) in [5.74, 6) is 0.686. The highest BCUT2D eigenvalue weighted by atomic mass is 32.2. The molecule has 1 rings (SSSR count). The smallest absolute Gasteiger partial charge is 0.152 e. The Morgan fingerprint density at radius 2 is 1.60 bits per heavy atom. The maximum absolute atomic E-state index is 11.2. The molecule has 1 fully saturated rings. The van der Waals surface area contributed by atoms with Crippen molar-refractivity contribution in [2.75, 3.05) is 37.7 Å². The van der Waals surface area contributed by atoms with E-state index in [1.165, 1.54) is 19.3 Å². The average Bonchev–Trinajstić information content (AvgIpc) is 2.20. The van der Waals surface area contributed by atoms with E-state index in [1.54, 1.807) is 0 Å². The molecule has 4 nitrogen and oxygen atoms in total. The molecular formula is C10H22N2O2S. The maximum atomic E-state index is 11.2. The van der Waals surface area contributed by atoms with Crippen LogP contribution < -0.4 is 5.73 Å². The van der Waals surface area contributed by atoms with E-state index in [2.05, 4.69) is 4.90 Å². The Kier molecular flexibility index (Phi) is 5.56. The molecule has 2 N–H and O–H groups in total. The lowest BCUT2D eigenvalue weighted by molar-refractivity contribution is 0.288. The summed E-state index contributed by atoms with van der Waals surface area (Å²) in [7, 11) is -2.71. The van der Waals surface area contributed by atoms with E-state index in [4.69, 9.17) is 5.73 Å². The summed E-state index contributed by atoms with van der Waals surface area (Å²) in [6, 6.07) is 0. The summed E-state index contributed by atoms with van der Waals surface area (Å²) in [6.07, 6.45) is 4.68. The van der Waals surface area contributed by atoms with Crippen LogP contribution in [0.2, 0.25) is 0 Å². The van der Waals surface area contributed by atoms with Crippen LogP contribution in [0, 0.1) is 0 Å². The van der Waals surface area contributed by atoms with Crippen LogP contribution in [-0.4, -0.2) is 51.0 Å². The molecule has 0 aromatic rings. The topological polar surface area (TPSA) is 63.4 Å². The molecule has 15 heavy (non-hydrogen) atoms. The number of hydrogen-bond acceptors (Lipinski definition) is 4. The van der Waals surface area contributed by atoms with Gasteiger partial charge in [-0.15, -0.1) is 0 Å². The average molecular weight is 234 g/mol. The second-order valence-electron chi connectivity index (χ2n) is 4.20. The summed E-state index contributed by atoms with van der Waals surface area (Å²) in [4.78, 5) is 2.25. The van der Waals surface area contributed by atoms with Crippen molar-refractivity contribution in [3.8, 4) is 0 Å². The standard InChI is InChI=1S/C10H22N2O2S/c11-5-3-1-2-4-6-12-7-9-15(13,14)10-8-12/h1-11H2. The van der Waals surface area contributed by atoms with Crippen LogP contribution in [0.1, 0.15) is 25.7 Å². The molecule has 0 atom stereocenters. The fraction of sp³-hybridized carbons (Fsp3) is 1.00. The molecule has 1 aliphatic rings. The van der Waals surface area contributed by atoms with E-state index >= 15 is 0 Å². The summed E-state index contributed by atoms with van der Waals surface area (Å²) >= 11 is 0. The van der Waals surface area contributed by atoms with Crippen molar-refractivity contribution in [3.05, 3.63) is 0 Å². The molecule has 0 amide bonds. The van der Waals surface area contributed by atoms with Crippen LogP contribution in [0.4, 0.5) is 0 Å². The van der Waals surface area contributed by atoms with Gasteiger partial charge in [0.05, 0.1) is 11.5 Å². The highest BCUT2D eigenvalue weighted by molar-refractivity contribution is 7.91. The molecule has 1 saturated heterocycles. The molecule has 0 radical (unpaired) electrons. The quantitative estimate of drug-likeness (QED) is 0.669. The van der Waals surface area contributed by atoms with Gasteiger partial charge in [-0.2, -0.15) is 0 Å². The van der Waals surface area contributed by atoms with Crippen molar-refractivity contribution >= 4 is 9.84 Å². The highest BCUT2D eigenvalue weighted by Crippen LogP contribution is 2.06. The van der Waals surface area contributed by atoms with Crippen molar-refractivity contribution in [2.45, 2.75) is 25.7 Å². The maximum Gasteiger partial charge on any atom is 0.152 e. The third-order valence-corrected chi connectivity index (χ3v) is 4.47. The fourth-order valence-electron chi connectivity index (χ4n) is 1.81. The van der Waals surface area contributed by atoms with Gasteiger partial charge < -0.3 is 10.6 Å². The largest absolute Gasteiger partial charge is 0.330 e. The van der Waals surface area contributed by atoms with Gasteiger partial charge in [-0.25, -0.2) is 8.42 Å². The van der Waals surface area contributed by atoms with Gasteiger partial charge in [0, 0.05) is 13.1 Å². The summed E-state index contributed by atoms with van der Waals surface area (Å²) in [6.45, 7) is 3.26. The van der Waals surface area contributed by atoms with E-state index in [9.17, 15) is 8.42 Å². The molecule has 0 saturated carbocycles. The van der Waals surface area contributed by atoms with Crippen LogP contribution in [0.5, 0.6) is 0 Å². The fourth-order valence-corrected chi connectivity index (χ4v) is 3.08. The van der Waals surface area contributed by atoms with E-state index in [-0.39, 0.29) is 0 Å². The molecule has 0 spiro atoms. The number of nitrogens with zero attached hydrogens (tertiary/aromatic N) is 1. The zero-order chi connectivity index (χ0) is 11.1. The monoisotopic (exact) mass is 234 g/mol. The first-order valence-electron chi connectivity index (χ1n) is 5.77. The second kappa shape index (κ2) is 6.45. The van der Waals surface area contributed by atoms with Crippen molar-refractivity contribution in [1.29, 1.82) is 0 Å². The predicted molar refractivity (Wildman–Crippen MR) is 62.6 cm³/mol. The van der Waals surface area contributed by atoms with E-state index in [0.717, 1.165) is 32.6 Å². The van der Waals surface area contributed by atoms with Gasteiger partial charge >= 0.3 is 0 Å². The van der Waals surface area contributed by atoms with Gasteiger partial charge in [0.1, 0.15) is 0 Å². The van der Waals surface area contributed by atoms with Crippen molar-refractivity contribution in [3.63, 3.8) is 0 Å². The predicted octanol–water partition coefficient (Wildman–Crippen LogP) is 0.236. The first kappa shape index (κ1) is 12.9. The Hall–Kier alpha value is -0.130. The number of rotatable bonds is 6. The lowest BCUT2D eigenvalue weighted by Crippen LogP contribution is -2.40. The van der Waals surface area contributed by atoms with Gasteiger partial charge in [0.2, 0.25) is 0 Å². The number of nitrogens with two attached hydrogens (primary N) is 1. The first-order chi connectivity index (χ1) is 7.14. The van der Waals surface area contributed by atoms with Gasteiger partial charge in [0.15, 0.2) is 9.84 Å². The third-order valence-electron chi connectivity index (χ3n) is 2.87. The zero-order valence-electron chi connectivity index (χ0n) is 9.32. The minimum absolute atomic E-state index is 0.343. The van der Waals surface area contributed by atoms with Crippen molar-refractivity contribution in [1.82, 2.24) is 4.90 Å². The van der Waals surface area contributed by atoms with Gasteiger partial charge in [-0.05, 0) is 25.9 Å². The molecule has 1 heterocycles.